The maximum absolute atomic E-state index is 5.75. The van der Waals surface area contributed by atoms with E-state index >= 15 is 0 Å². The molecule has 1 unspecified atom stereocenters. The Hall–Kier alpha value is -0.160. The molecule has 0 radical (unpaired) electrons. The number of ether oxygens (including phenoxy) is 1. The first kappa shape index (κ1) is 12.9. The zero-order valence-corrected chi connectivity index (χ0v) is 10.3. The topological polar surface area (TPSA) is 50.5 Å². The van der Waals surface area contributed by atoms with Crippen LogP contribution < -0.4 is 11.1 Å². The van der Waals surface area contributed by atoms with Gasteiger partial charge in [0.15, 0.2) is 0 Å². The van der Waals surface area contributed by atoms with Crippen LogP contribution in [0.15, 0.2) is 0 Å². The third-order valence-electron chi connectivity index (χ3n) is 3.30. The van der Waals surface area contributed by atoms with Gasteiger partial charge in [0.25, 0.3) is 0 Å². The quantitative estimate of drug-likeness (QED) is 0.679. The van der Waals surface area contributed by atoms with Gasteiger partial charge in [-0.2, -0.15) is 0 Å². The largest absolute Gasteiger partial charge is 0.379 e. The molecule has 4 heteroatoms. The van der Waals surface area contributed by atoms with Crippen molar-refractivity contribution in [2.75, 3.05) is 39.8 Å². The normalized spacial score (nSPS) is 24.4. The van der Waals surface area contributed by atoms with Crippen LogP contribution >= 0.6 is 0 Å². The molecule has 0 spiro atoms. The third kappa shape index (κ3) is 4.07. The van der Waals surface area contributed by atoms with Crippen molar-refractivity contribution >= 4 is 0 Å². The minimum atomic E-state index is -0.0238. The molecule has 4 nitrogen and oxygen atoms in total. The van der Waals surface area contributed by atoms with Gasteiger partial charge in [-0.15, -0.1) is 0 Å². The van der Waals surface area contributed by atoms with E-state index in [1.54, 1.807) is 7.11 Å². The fourth-order valence-electron chi connectivity index (χ4n) is 1.84. The Morgan fingerprint density at radius 2 is 2.27 bits per heavy atom. The van der Waals surface area contributed by atoms with Crippen molar-refractivity contribution in [2.45, 2.75) is 31.9 Å². The predicted molar refractivity (Wildman–Crippen MR) is 63.0 cm³/mol. The van der Waals surface area contributed by atoms with E-state index in [2.05, 4.69) is 24.1 Å². The first-order chi connectivity index (χ1) is 7.09. The number of rotatable bonds is 5. The lowest BCUT2D eigenvalue weighted by Crippen LogP contribution is -2.55. The number of nitrogens with one attached hydrogen (secondary N) is 1. The second-order valence-corrected chi connectivity index (χ2v) is 4.84. The summed E-state index contributed by atoms with van der Waals surface area (Å²) in [5.41, 5.74) is 5.73. The van der Waals surface area contributed by atoms with Crippen LogP contribution in [0.3, 0.4) is 0 Å². The summed E-state index contributed by atoms with van der Waals surface area (Å²) < 4.78 is 5.42. The second-order valence-electron chi connectivity index (χ2n) is 4.84. The summed E-state index contributed by atoms with van der Waals surface area (Å²) in [6.07, 6.45) is 1.06. The third-order valence-corrected chi connectivity index (χ3v) is 3.30. The van der Waals surface area contributed by atoms with Gasteiger partial charge in [0.05, 0.1) is 5.60 Å². The highest BCUT2D eigenvalue weighted by molar-refractivity contribution is 4.82. The Labute approximate surface area is 93.1 Å². The molecule has 1 saturated heterocycles. The van der Waals surface area contributed by atoms with Gasteiger partial charge in [0.2, 0.25) is 0 Å². The van der Waals surface area contributed by atoms with Crippen LogP contribution in [-0.4, -0.2) is 56.4 Å². The Morgan fingerprint density at radius 3 is 2.87 bits per heavy atom. The summed E-state index contributed by atoms with van der Waals surface area (Å²) in [6.45, 7) is 9.26. The molecular formula is C11H25N3O. The van der Waals surface area contributed by atoms with Crippen molar-refractivity contribution in [2.24, 2.45) is 5.73 Å². The van der Waals surface area contributed by atoms with Gasteiger partial charge in [-0.1, -0.05) is 0 Å². The molecule has 1 rings (SSSR count). The van der Waals surface area contributed by atoms with Crippen molar-refractivity contribution in [1.29, 1.82) is 0 Å². The molecule has 0 bridgehead atoms. The van der Waals surface area contributed by atoms with Crippen LogP contribution in [0.5, 0.6) is 0 Å². The van der Waals surface area contributed by atoms with Crippen molar-refractivity contribution in [3.05, 3.63) is 0 Å². The van der Waals surface area contributed by atoms with E-state index in [0.717, 1.165) is 39.1 Å². The fraction of sp³-hybridized carbons (Fsp3) is 1.00. The minimum Gasteiger partial charge on any atom is -0.379 e. The molecule has 0 aromatic rings. The van der Waals surface area contributed by atoms with E-state index in [0.29, 0.717) is 6.04 Å². The standard InChI is InChI=1S/C11H25N3O/c1-11(2,15-3)4-6-14-7-5-13-9-10(14)8-12/h10,13H,4-9,12H2,1-3H3. The van der Waals surface area contributed by atoms with Crippen LogP contribution in [0.1, 0.15) is 20.3 Å². The van der Waals surface area contributed by atoms with Crippen molar-refractivity contribution < 1.29 is 4.74 Å². The highest BCUT2D eigenvalue weighted by atomic mass is 16.5. The average molecular weight is 215 g/mol. The zero-order valence-electron chi connectivity index (χ0n) is 10.3. The number of hydrogen-bond donors (Lipinski definition) is 2. The maximum atomic E-state index is 5.75. The monoisotopic (exact) mass is 215 g/mol. The lowest BCUT2D eigenvalue weighted by molar-refractivity contribution is 0.00247. The summed E-state index contributed by atoms with van der Waals surface area (Å²) in [4.78, 5) is 2.47. The number of hydrogen-bond acceptors (Lipinski definition) is 4. The summed E-state index contributed by atoms with van der Waals surface area (Å²) in [5.74, 6) is 0. The predicted octanol–water partition coefficient (Wildman–Crippen LogP) is 0.0340. The molecule has 1 aliphatic heterocycles. The number of nitrogens with two attached hydrogens (primary N) is 1. The summed E-state index contributed by atoms with van der Waals surface area (Å²) in [6, 6.07) is 0.492. The Balaban J connectivity index is 2.35. The molecule has 1 atom stereocenters. The molecule has 90 valence electrons. The smallest absolute Gasteiger partial charge is 0.0634 e. The number of methoxy groups -OCH3 is 1. The number of piperazine rings is 1. The Morgan fingerprint density at radius 1 is 1.53 bits per heavy atom. The SMILES string of the molecule is COC(C)(C)CCN1CCNCC1CN. The zero-order chi connectivity index (χ0) is 11.3. The molecule has 0 aliphatic carbocycles. The molecule has 15 heavy (non-hydrogen) atoms. The lowest BCUT2D eigenvalue weighted by atomic mass is 10.0. The van der Waals surface area contributed by atoms with Gasteiger partial charge in [0, 0.05) is 45.9 Å². The molecule has 1 aliphatic rings. The lowest BCUT2D eigenvalue weighted by Gasteiger charge is -2.37. The van der Waals surface area contributed by atoms with Gasteiger partial charge in [-0.05, 0) is 20.3 Å². The van der Waals surface area contributed by atoms with Crippen molar-refractivity contribution in [1.82, 2.24) is 10.2 Å². The van der Waals surface area contributed by atoms with Crippen LogP contribution in [0.25, 0.3) is 0 Å². The second kappa shape index (κ2) is 5.80. The van der Waals surface area contributed by atoms with E-state index in [1.807, 2.05) is 0 Å². The van der Waals surface area contributed by atoms with Crippen molar-refractivity contribution in [3.63, 3.8) is 0 Å². The van der Waals surface area contributed by atoms with E-state index in [1.165, 1.54) is 0 Å². The molecule has 3 N–H and O–H groups in total. The van der Waals surface area contributed by atoms with Crippen LogP contribution in [0.2, 0.25) is 0 Å². The molecule has 0 amide bonds. The Kier molecular flexibility index (Phi) is 4.99. The average Bonchev–Trinajstić information content (AvgIpc) is 2.27. The molecule has 0 aromatic heterocycles. The van der Waals surface area contributed by atoms with Gasteiger partial charge >= 0.3 is 0 Å². The maximum Gasteiger partial charge on any atom is 0.0634 e. The highest BCUT2D eigenvalue weighted by Gasteiger charge is 2.23. The van der Waals surface area contributed by atoms with E-state index in [-0.39, 0.29) is 5.60 Å². The molecule has 1 heterocycles. The van der Waals surface area contributed by atoms with E-state index < -0.39 is 0 Å². The fourth-order valence-corrected chi connectivity index (χ4v) is 1.84. The summed E-state index contributed by atoms with van der Waals surface area (Å²) in [7, 11) is 1.78. The summed E-state index contributed by atoms with van der Waals surface area (Å²) in [5, 5.41) is 3.37. The molecule has 0 aromatic carbocycles. The van der Waals surface area contributed by atoms with Crippen molar-refractivity contribution in [3.8, 4) is 0 Å². The first-order valence-corrected chi connectivity index (χ1v) is 5.79. The Bertz CT molecular complexity index is 185. The van der Waals surface area contributed by atoms with Crippen LogP contribution in [-0.2, 0) is 4.74 Å². The highest BCUT2D eigenvalue weighted by Crippen LogP contribution is 2.15. The van der Waals surface area contributed by atoms with Crippen LogP contribution in [0, 0.1) is 0 Å². The van der Waals surface area contributed by atoms with Gasteiger partial charge in [-0.3, -0.25) is 4.90 Å². The summed E-state index contributed by atoms with van der Waals surface area (Å²) >= 11 is 0. The van der Waals surface area contributed by atoms with Gasteiger partial charge < -0.3 is 15.8 Å². The first-order valence-electron chi connectivity index (χ1n) is 5.79. The molecule has 1 fully saturated rings. The minimum absolute atomic E-state index is 0.0238. The molecular weight excluding hydrogens is 190 g/mol. The van der Waals surface area contributed by atoms with Gasteiger partial charge in [-0.25, -0.2) is 0 Å². The number of nitrogens with zero attached hydrogens (tertiary/aromatic N) is 1. The van der Waals surface area contributed by atoms with E-state index in [9.17, 15) is 0 Å². The molecule has 0 saturated carbocycles. The van der Waals surface area contributed by atoms with E-state index in [4.69, 9.17) is 10.5 Å². The van der Waals surface area contributed by atoms with Crippen LogP contribution in [0.4, 0.5) is 0 Å². The van der Waals surface area contributed by atoms with Gasteiger partial charge in [0.1, 0.15) is 0 Å².